The monoisotopic (exact) mass is 384 g/mol. The lowest BCUT2D eigenvalue weighted by molar-refractivity contribution is 0.126. The van der Waals surface area contributed by atoms with Crippen LogP contribution in [0.25, 0.3) is 11.0 Å². The van der Waals surface area contributed by atoms with Gasteiger partial charge >= 0.3 is 0 Å². The Morgan fingerprint density at radius 1 is 1.21 bits per heavy atom. The first kappa shape index (κ1) is 18.4. The highest BCUT2D eigenvalue weighted by molar-refractivity contribution is 5.76. The lowest BCUT2D eigenvalue weighted by Gasteiger charge is -2.26. The zero-order valence-electron chi connectivity index (χ0n) is 15.4. The number of benzene rings is 1. The minimum atomic E-state index is -0.543. The number of para-hydroxylation sites is 1. The number of aromatic nitrogens is 3. The van der Waals surface area contributed by atoms with Crippen molar-refractivity contribution >= 4 is 17.0 Å². The number of anilines is 1. The highest BCUT2D eigenvalue weighted by Gasteiger charge is 2.20. The molecule has 1 aliphatic rings. The molecule has 0 unspecified atom stereocenters. The second-order valence-corrected chi connectivity index (χ2v) is 7.03. The van der Waals surface area contributed by atoms with Crippen molar-refractivity contribution in [2.75, 3.05) is 5.32 Å². The summed E-state index contributed by atoms with van der Waals surface area (Å²) in [6, 6.07) is 7.63. The first-order valence-electron chi connectivity index (χ1n) is 9.25. The van der Waals surface area contributed by atoms with Crippen LogP contribution in [-0.4, -0.2) is 31.8 Å². The number of hydrogen-bond acceptors (Lipinski definition) is 6. The van der Waals surface area contributed by atoms with E-state index < -0.39 is 11.4 Å². The van der Waals surface area contributed by atoms with Crippen molar-refractivity contribution in [2.45, 2.75) is 37.8 Å². The first-order valence-corrected chi connectivity index (χ1v) is 9.25. The highest BCUT2D eigenvalue weighted by Crippen LogP contribution is 2.25. The van der Waals surface area contributed by atoms with Gasteiger partial charge in [-0.1, -0.05) is 12.1 Å². The number of aliphatic hydroxyl groups excluding tert-OH is 1. The topological polar surface area (TPSA) is 89.3 Å². The van der Waals surface area contributed by atoms with Crippen LogP contribution in [0.5, 0.6) is 11.5 Å². The maximum absolute atomic E-state index is 13.8. The summed E-state index contributed by atoms with van der Waals surface area (Å²) >= 11 is 0. The van der Waals surface area contributed by atoms with E-state index in [4.69, 9.17) is 4.74 Å². The summed E-state index contributed by atoms with van der Waals surface area (Å²) in [5.41, 5.74) is 0.0421. The Balaban J connectivity index is 1.63. The second kappa shape index (κ2) is 7.55. The molecule has 1 aromatic carbocycles. The maximum atomic E-state index is 13.8. The molecule has 2 N–H and O–H groups in total. The molecular weight excluding hydrogens is 363 g/mol. The average Bonchev–Trinajstić information content (AvgIpc) is 2.70. The Morgan fingerprint density at radius 3 is 2.71 bits per heavy atom. The minimum absolute atomic E-state index is 0.00526. The fourth-order valence-corrected chi connectivity index (χ4v) is 3.41. The predicted molar refractivity (Wildman–Crippen MR) is 103 cm³/mol. The molecule has 0 bridgehead atoms. The molecule has 0 saturated heterocycles. The first-order chi connectivity index (χ1) is 13.5. The molecule has 28 heavy (non-hydrogen) atoms. The summed E-state index contributed by atoms with van der Waals surface area (Å²) in [4.78, 5) is 21.4. The zero-order valence-corrected chi connectivity index (χ0v) is 15.4. The molecule has 0 spiro atoms. The van der Waals surface area contributed by atoms with Gasteiger partial charge in [-0.25, -0.2) is 9.37 Å². The molecule has 0 aliphatic heterocycles. The molecule has 1 saturated carbocycles. The number of ether oxygens (including phenoxy) is 1. The maximum Gasteiger partial charge on any atom is 0.294 e. The molecule has 0 amide bonds. The van der Waals surface area contributed by atoms with E-state index in [0.29, 0.717) is 17.0 Å². The lowest BCUT2D eigenvalue weighted by atomic mass is 9.93. The van der Waals surface area contributed by atoms with E-state index in [2.05, 4.69) is 15.3 Å². The van der Waals surface area contributed by atoms with Gasteiger partial charge in [-0.2, -0.15) is 4.98 Å². The van der Waals surface area contributed by atoms with Gasteiger partial charge in [0, 0.05) is 24.7 Å². The molecule has 1 aliphatic carbocycles. The summed E-state index contributed by atoms with van der Waals surface area (Å²) in [5, 5.41) is 13.5. The van der Waals surface area contributed by atoms with Gasteiger partial charge in [0.2, 0.25) is 5.95 Å². The zero-order chi connectivity index (χ0) is 19.7. The fourth-order valence-electron chi connectivity index (χ4n) is 3.41. The third-order valence-corrected chi connectivity index (χ3v) is 5.00. The molecule has 3 aromatic rings. The van der Waals surface area contributed by atoms with Gasteiger partial charge in [0.1, 0.15) is 5.65 Å². The molecule has 1 fully saturated rings. The van der Waals surface area contributed by atoms with Crippen molar-refractivity contribution in [2.24, 2.45) is 7.05 Å². The Labute approximate surface area is 160 Å². The lowest BCUT2D eigenvalue weighted by Crippen LogP contribution is -2.29. The molecule has 2 heterocycles. The molecule has 0 radical (unpaired) electrons. The van der Waals surface area contributed by atoms with Crippen LogP contribution >= 0.6 is 0 Å². The van der Waals surface area contributed by atoms with Crippen LogP contribution < -0.4 is 15.6 Å². The largest absolute Gasteiger partial charge is 0.448 e. The van der Waals surface area contributed by atoms with E-state index in [1.165, 1.54) is 22.8 Å². The number of nitrogens with zero attached hydrogens (tertiary/aromatic N) is 3. The molecule has 146 valence electrons. The number of hydrogen-bond donors (Lipinski definition) is 2. The van der Waals surface area contributed by atoms with Crippen LogP contribution in [0.1, 0.15) is 25.7 Å². The molecular formula is C20H21FN4O3. The quantitative estimate of drug-likeness (QED) is 0.719. The Bertz CT molecular complexity index is 1060. The van der Waals surface area contributed by atoms with Gasteiger partial charge in [-0.3, -0.25) is 9.36 Å². The van der Waals surface area contributed by atoms with Crippen LogP contribution in [0.3, 0.4) is 0 Å². The third kappa shape index (κ3) is 3.68. The number of aliphatic hydroxyl groups is 1. The Hall–Kier alpha value is -3.00. The van der Waals surface area contributed by atoms with Crippen molar-refractivity contribution < 1.29 is 14.2 Å². The fraction of sp³-hybridized carbons (Fsp3) is 0.350. The van der Waals surface area contributed by atoms with Gasteiger partial charge in [0.05, 0.1) is 6.10 Å². The molecule has 7 nitrogen and oxygen atoms in total. The van der Waals surface area contributed by atoms with E-state index in [1.807, 2.05) is 0 Å². The number of pyridine rings is 1. The smallest absolute Gasteiger partial charge is 0.294 e. The van der Waals surface area contributed by atoms with Crippen molar-refractivity contribution in [3.63, 3.8) is 0 Å². The van der Waals surface area contributed by atoms with Crippen molar-refractivity contribution in [3.8, 4) is 11.5 Å². The highest BCUT2D eigenvalue weighted by atomic mass is 19.1. The normalized spacial score (nSPS) is 19.5. The summed E-state index contributed by atoms with van der Waals surface area (Å²) in [6.07, 6.45) is 4.56. The van der Waals surface area contributed by atoms with Crippen LogP contribution in [-0.2, 0) is 7.05 Å². The number of fused-ring (bicyclic) bond motifs is 1. The van der Waals surface area contributed by atoms with E-state index in [-0.39, 0.29) is 23.6 Å². The minimum Gasteiger partial charge on any atom is -0.448 e. The van der Waals surface area contributed by atoms with Crippen molar-refractivity contribution in [1.82, 2.24) is 14.5 Å². The predicted octanol–water partition coefficient (Wildman–Crippen LogP) is 2.98. The summed E-state index contributed by atoms with van der Waals surface area (Å²) in [5.74, 6) is -0.118. The standard InChI is InChI=1S/C20H21FN4O3/c1-25-18-12(10-17(19(25)27)28-16-5-3-2-4-15(16)21)11-22-20(24-18)23-13-6-8-14(26)9-7-13/h2-5,10-11,13-14,26H,6-9H2,1H3,(H,22,23,24)/t13-,14-. The Morgan fingerprint density at radius 2 is 1.96 bits per heavy atom. The van der Waals surface area contributed by atoms with Crippen LogP contribution in [0.15, 0.2) is 41.3 Å². The number of rotatable bonds is 4. The van der Waals surface area contributed by atoms with E-state index in [0.717, 1.165) is 25.7 Å². The van der Waals surface area contributed by atoms with E-state index >= 15 is 0 Å². The van der Waals surface area contributed by atoms with Crippen molar-refractivity contribution in [1.29, 1.82) is 0 Å². The van der Waals surface area contributed by atoms with Gasteiger partial charge in [0.15, 0.2) is 17.3 Å². The van der Waals surface area contributed by atoms with Gasteiger partial charge < -0.3 is 15.2 Å². The molecule has 0 atom stereocenters. The third-order valence-electron chi connectivity index (χ3n) is 5.00. The second-order valence-electron chi connectivity index (χ2n) is 7.03. The number of nitrogens with one attached hydrogen (secondary N) is 1. The van der Waals surface area contributed by atoms with Gasteiger partial charge in [-0.05, 0) is 43.9 Å². The van der Waals surface area contributed by atoms with E-state index in [1.54, 1.807) is 25.4 Å². The van der Waals surface area contributed by atoms with Crippen LogP contribution in [0.2, 0.25) is 0 Å². The van der Waals surface area contributed by atoms with Gasteiger partial charge in [0.25, 0.3) is 5.56 Å². The summed E-state index contributed by atoms with van der Waals surface area (Å²) in [6.45, 7) is 0. The van der Waals surface area contributed by atoms with Crippen LogP contribution in [0, 0.1) is 5.82 Å². The number of aryl methyl sites for hydroxylation is 1. The van der Waals surface area contributed by atoms with E-state index in [9.17, 15) is 14.3 Å². The molecule has 2 aromatic heterocycles. The molecule has 8 heteroatoms. The van der Waals surface area contributed by atoms with Gasteiger partial charge in [-0.15, -0.1) is 0 Å². The van der Waals surface area contributed by atoms with Crippen molar-refractivity contribution in [3.05, 3.63) is 52.7 Å². The van der Waals surface area contributed by atoms with Crippen LogP contribution in [0.4, 0.5) is 10.3 Å². The molecule has 4 rings (SSSR count). The average molecular weight is 384 g/mol. The summed E-state index contributed by atoms with van der Waals surface area (Å²) in [7, 11) is 1.59. The Kier molecular flexibility index (Phi) is 4.95. The number of halogens is 1. The SMILES string of the molecule is Cn1c(=O)c(Oc2ccccc2F)cc2cnc(N[C@H]3CC[C@H](O)CC3)nc21. The summed E-state index contributed by atoms with van der Waals surface area (Å²) < 4.78 is 20.7.